The molecule has 200 valence electrons. The van der Waals surface area contributed by atoms with Crippen LogP contribution >= 0.6 is 11.6 Å². The lowest BCUT2D eigenvalue weighted by molar-refractivity contribution is -0.143. The molecular formula is C28H38ClF2NO4. The molecule has 0 aliphatic carbocycles. The van der Waals surface area contributed by atoms with Crippen LogP contribution in [0.1, 0.15) is 62.3 Å². The van der Waals surface area contributed by atoms with Gasteiger partial charge in [0.1, 0.15) is 11.6 Å². The number of rotatable bonds is 11. The molecule has 0 spiro atoms. The zero-order valence-corrected chi connectivity index (χ0v) is 22.2. The zero-order valence-electron chi connectivity index (χ0n) is 21.4. The highest BCUT2D eigenvalue weighted by Crippen LogP contribution is 2.27. The number of esters is 1. The summed E-state index contributed by atoms with van der Waals surface area (Å²) >= 11 is 5.41. The number of aryl methyl sites for hydroxylation is 2. The number of ether oxygens (including phenoxy) is 2. The Balaban J connectivity index is 0.000000425. The van der Waals surface area contributed by atoms with Crippen molar-refractivity contribution in [3.63, 3.8) is 0 Å². The summed E-state index contributed by atoms with van der Waals surface area (Å²) < 4.78 is 37.2. The molecule has 1 fully saturated rings. The minimum atomic E-state index is -0.561. The molecule has 1 N–H and O–H groups in total. The van der Waals surface area contributed by atoms with E-state index in [1.807, 2.05) is 13.8 Å². The Morgan fingerprint density at radius 2 is 1.86 bits per heavy atom. The van der Waals surface area contributed by atoms with Crippen LogP contribution in [0.3, 0.4) is 0 Å². The molecule has 2 atom stereocenters. The van der Waals surface area contributed by atoms with Crippen molar-refractivity contribution in [3.05, 3.63) is 69.7 Å². The smallest absolute Gasteiger partial charge is 0.306 e. The number of carbonyl (C=O) groups is 1. The highest BCUT2D eigenvalue weighted by molar-refractivity contribution is 6.30. The van der Waals surface area contributed by atoms with Gasteiger partial charge in [-0.25, -0.2) is 8.78 Å². The van der Waals surface area contributed by atoms with Crippen LogP contribution in [0.15, 0.2) is 36.4 Å². The highest BCUT2D eigenvalue weighted by atomic mass is 35.5. The van der Waals surface area contributed by atoms with Gasteiger partial charge < -0.3 is 19.5 Å². The molecule has 36 heavy (non-hydrogen) atoms. The molecule has 3 rings (SSSR count). The van der Waals surface area contributed by atoms with Crippen molar-refractivity contribution in [1.29, 1.82) is 0 Å². The van der Waals surface area contributed by atoms with Crippen LogP contribution < -0.4 is 0 Å². The van der Waals surface area contributed by atoms with E-state index in [1.54, 1.807) is 25.1 Å². The Kier molecular flexibility index (Phi) is 13.3. The number of hydrogen-bond donors (Lipinski definition) is 1. The Bertz CT molecular complexity index is 953. The number of aliphatic hydroxyl groups is 1. The van der Waals surface area contributed by atoms with Gasteiger partial charge in [0.25, 0.3) is 0 Å². The number of carbonyl (C=O) groups excluding carboxylic acids is 1. The van der Waals surface area contributed by atoms with Crippen molar-refractivity contribution in [3.8, 4) is 0 Å². The summed E-state index contributed by atoms with van der Waals surface area (Å²) in [5.74, 6) is -0.941. The highest BCUT2D eigenvalue weighted by Gasteiger charge is 2.20. The van der Waals surface area contributed by atoms with E-state index in [9.17, 15) is 18.7 Å². The maximum atomic E-state index is 13.8. The molecule has 1 saturated heterocycles. The van der Waals surface area contributed by atoms with E-state index in [0.29, 0.717) is 26.0 Å². The van der Waals surface area contributed by atoms with E-state index in [0.717, 1.165) is 29.8 Å². The lowest BCUT2D eigenvalue weighted by Gasteiger charge is -2.24. The fourth-order valence-corrected chi connectivity index (χ4v) is 4.25. The summed E-state index contributed by atoms with van der Waals surface area (Å²) in [5.41, 5.74) is 2.51. The van der Waals surface area contributed by atoms with Gasteiger partial charge in [-0.3, -0.25) is 4.79 Å². The second kappa shape index (κ2) is 15.9. The monoisotopic (exact) mass is 525 g/mol. The molecule has 0 aromatic heterocycles. The third-order valence-corrected chi connectivity index (χ3v) is 6.27. The molecule has 0 saturated carbocycles. The van der Waals surface area contributed by atoms with Crippen LogP contribution in [-0.4, -0.2) is 54.9 Å². The minimum Gasteiger partial charge on any atom is -0.466 e. The first-order valence-corrected chi connectivity index (χ1v) is 13.0. The van der Waals surface area contributed by atoms with Crippen LogP contribution in [-0.2, 0) is 20.7 Å². The maximum absolute atomic E-state index is 13.8. The number of nitrogens with zero attached hydrogens (tertiary/aromatic N) is 1. The van der Waals surface area contributed by atoms with Crippen LogP contribution in [0.25, 0.3) is 0 Å². The van der Waals surface area contributed by atoms with Crippen molar-refractivity contribution >= 4 is 17.6 Å². The number of halogens is 3. The van der Waals surface area contributed by atoms with Crippen LogP contribution in [0.5, 0.6) is 0 Å². The molecular weight excluding hydrogens is 488 g/mol. The van der Waals surface area contributed by atoms with Crippen molar-refractivity contribution in [2.75, 3.05) is 32.8 Å². The molecule has 0 radical (unpaired) electrons. The summed E-state index contributed by atoms with van der Waals surface area (Å²) in [4.78, 5) is 13.9. The second-order valence-corrected chi connectivity index (χ2v) is 9.36. The largest absolute Gasteiger partial charge is 0.466 e. The van der Waals surface area contributed by atoms with E-state index in [4.69, 9.17) is 21.1 Å². The third kappa shape index (κ3) is 10.5. The van der Waals surface area contributed by atoms with Crippen molar-refractivity contribution < 1.29 is 28.2 Å². The van der Waals surface area contributed by atoms with Gasteiger partial charge >= 0.3 is 5.97 Å². The average Bonchev–Trinajstić information content (AvgIpc) is 3.35. The zero-order chi connectivity index (χ0) is 26.5. The third-order valence-electron chi connectivity index (χ3n) is 5.96. The first kappa shape index (κ1) is 30.2. The van der Waals surface area contributed by atoms with Gasteiger partial charge in [-0.1, -0.05) is 30.7 Å². The quantitative estimate of drug-likeness (QED) is 0.363. The number of hydrogen-bond acceptors (Lipinski definition) is 5. The summed E-state index contributed by atoms with van der Waals surface area (Å²) in [6.07, 6.45) is 2.87. The Morgan fingerprint density at radius 1 is 1.14 bits per heavy atom. The van der Waals surface area contributed by atoms with Gasteiger partial charge in [0.15, 0.2) is 0 Å². The number of benzene rings is 2. The predicted molar refractivity (Wildman–Crippen MR) is 138 cm³/mol. The van der Waals surface area contributed by atoms with Crippen molar-refractivity contribution in [2.45, 2.75) is 65.1 Å². The molecule has 1 aliphatic heterocycles. The SMILES string of the molecule is CCOC(=O)CCc1ccc(F)cc1C(CC)OCC(O)CN1CCCC1.Cc1ccc(Cl)c(F)c1. The average molecular weight is 526 g/mol. The van der Waals surface area contributed by atoms with Crippen molar-refractivity contribution in [2.24, 2.45) is 0 Å². The van der Waals surface area contributed by atoms with Crippen molar-refractivity contribution in [1.82, 2.24) is 4.90 Å². The molecule has 8 heteroatoms. The van der Waals surface area contributed by atoms with E-state index >= 15 is 0 Å². The molecule has 2 aromatic carbocycles. The molecule has 1 aliphatic rings. The van der Waals surface area contributed by atoms with Gasteiger partial charge in [0.05, 0.1) is 30.4 Å². The number of β-amino-alcohol motifs (C(OH)–C–C–N with tert-alkyl or cyclic N) is 1. The summed E-state index contributed by atoms with van der Waals surface area (Å²) in [6, 6.07) is 9.30. The molecule has 5 nitrogen and oxygen atoms in total. The lowest BCUT2D eigenvalue weighted by atomic mass is 9.97. The summed E-state index contributed by atoms with van der Waals surface area (Å²) in [5, 5.41) is 10.4. The Labute approximate surface area is 218 Å². The van der Waals surface area contributed by atoms with Gasteiger partial charge in [-0.15, -0.1) is 0 Å². The predicted octanol–water partition coefficient (Wildman–Crippen LogP) is 6.03. The molecule has 2 aromatic rings. The van der Waals surface area contributed by atoms with E-state index in [1.165, 1.54) is 31.0 Å². The van der Waals surface area contributed by atoms with E-state index in [2.05, 4.69) is 4.90 Å². The topological polar surface area (TPSA) is 59.0 Å². The molecule has 2 unspecified atom stereocenters. The first-order valence-electron chi connectivity index (χ1n) is 12.6. The van der Waals surface area contributed by atoms with Gasteiger partial charge in [0, 0.05) is 13.0 Å². The summed E-state index contributed by atoms with van der Waals surface area (Å²) in [6.45, 7) is 8.78. The normalized spacial score (nSPS) is 15.2. The number of aliphatic hydroxyl groups excluding tert-OH is 1. The van der Waals surface area contributed by atoms with Gasteiger partial charge in [0.2, 0.25) is 0 Å². The molecule has 0 bridgehead atoms. The lowest BCUT2D eigenvalue weighted by Crippen LogP contribution is -2.33. The second-order valence-electron chi connectivity index (χ2n) is 8.96. The van der Waals surface area contributed by atoms with Crippen LogP contribution in [0, 0.1) is 18.6 Å². The number of likely N-dealkylation sites (tertiary alicyclic amines) is 1. The van der Waals surface area contributed by atoms with Gasteiger partial charge in [-0.2, -0.15) is 0 Å². The molecule has 1 heterocycles. The Hall–Kier alpha value is -2.06. The van der Waals surface area contributed by atoms with E-state index in [-0.39, 0.29) is 41.8 Å². The Morgan fingerprint density at radius 3 is 2.47 bits per heavy atom. The first-order chi connectivity index (χ1) is 17.2. The van der Waals surface area contributed by atoms with Crippen LogP contribution in [0.4, 0.5) is 8.78 Å². The fourth-order valence-electron chi connectivity index (χ4n) is 4.13. The van der Waals surface area contributed by atoms with Crippen LogP contribution in [0.2, 0.25) is 5.02 Å². The summed E-state index contributed by atoms with van der Waals surface area (Å²) in [7, 11) is 0. The minimum absolute atomic E-state index is 0.181. The van der Waals surface area contributed by atoms with E-state index < -0.39 is 6.10 Å². The molecule has 0 amide bonds. The standard InChI is InChI=1S/C21H32FNO4.C7H6ClF/c1-3-20(27-15-18(24)14-23-11-5-6-12-23)19-13-17(22)9-7-16(19)8-10-21(25)26-4-2;1-5-2-3-6(8)7(9)4-5/h7,9,13,18,20,24H,3-6,8,10-12,14-15H2,1-2H3;2-4H,1H3. The fraction of sp³-hybridized carbons (Fsp3) is 0.536. The van der Waals surface area contributed by atoms with Gasteiger partial charge in [-0.05, 0) is 93.6 Å². The maximum Gasteiger partial charge on any atom is 0.306 e.